The minimum absolute atomic E-state index is 0.00441. The third-order valence-electron chi connectivity index (χ3n) is 5.75. The van der Waals surface area contributed by atoms with Crippen LogP contribution in [0.25, 0.3) is 11.1 Å². The zero-order chi connectivity index (χ0) is 32.9. The highest BCUT2D eigenvalue weighted by atomic mass is 16.7. The van der Waals surface area contributed by atoms with E-state index in [0.29, 0.717) is 16.7 Å². The van der Waals surface area contributed by atoms with E-state index in [9.17, 15) is 24.0 Å². The number of rotatable bonds is 10. The van der Waals surface area contributed by atoms with Crippen molar-refractivity contribution in [2.24, 2.45) is 0 Å². The van der Waals surface area contributed by atoms with Crippen LogP contribution in [0.15, 0.2) is 48.5 Å². The average Bonchev–Trinajstić information content (AvgIpc) is 3.06. The molecular weight excluding hydrogens is 540 g/mol. The van der Waals surface area contributed by atoms with Crippen molar-refractivity contribution in [1.82, 2.24) is 0 Å². The summed E-state index contributed by atoms with van der Waals surface area (Å²) in [6, 6.07) is 13.5. The van der Waals surface area contributed by atoms with Crippen LogP contribution in [0.3, 0.4) is 0 Å². The average molecular weight is 577 g/mol. The summed E-state index contributed by atoms with van der Waals surface area (Å²) in [7, 11) is 1.28. The number of hydrogen-bond acceptors (Lipinski definition) is 12. The van der Waals surface area contributed by atoms with E-state index in [2.05, 4.69) is 0 Å². The number of ether oxygens (including phenoxy) is 7. The number of benzene rings is 2. The fourth-order valence-electron chi connectivity index (χ4n) is 4.16. The normalized spacial score (nSPS) is 22.9. The highest BCUT2D eigenvalue weighted by Crippen LogP contribution is 2.35. The van der Waals surface area contributed by atoms with Crippen LogP contribution in [0.4, 0.5) is 0 Å². The predicted molar refractivity (Wildman–Crippen MR) is 140 cm³/mol. The number of methoxy groups -OCH3 is 1. The number of para-hydroxylation sites is 1. The van der Waals surface area contributed by atoms with Crippen LogP contribution in [-0.2, 0) is 58.8 Å². The van der Waals surface area contributed by atoms with Gasteiger partial charge >= 0.3 is 29.8 Å². The number of carbonyl (C=O) groups is 5. The summed E-state index contributed by atoms with van der Waals surface area (Å²) in [5.74, 6) is -4.52. The van der Waals surface area contributed by atoms with E-state index >= 15 is 0 Å². The minimum Gasteiger partial charge on any atom is -0.469 e. The van der Waals surface area contributed by atoms with Crippen molar-refractivity contribution in [1.29, 1.82) is 0 Å². The molecule has 5 atom stereocenters. The van der Waals surface area contributed by atoms with Gasteiger partial charge in [-0.15, -0.1) is 0 Å². The molecule has 0 radical (unpaired) electrons. The minimum atomic E-state index is -1.69. The molecule has 0 spiro atoms. The molecule has 1 aliphatic rings. The molecule has 0 saturated carbocycles. The monoisotopic (exact) mass is 576 g/mol. The third kappa shape index (κ3) is 8.77. The van der Waals surface area contributed by atoms with Crippen molar-refractivity contribution in [3.63, 3.8) is 0 Å². The molecule has 1 heterocycles. The molecule has 41 heavy (non-hydrogen) atoms. The Hall–Kier alpha value is -4.45. The van der Waals surface area contributed by atoms with E-state index in [1.807, 2.05) is 0 Å². The van der Waals surface area contributed by atoms with Gasteiger partial charge in [0, 0.05) is 38.6 Å². The smallest absolute Gasteiger partial charge is 0.309 e. The molecule has 12 heteroatoms. The molecule has 0 aromatic heterocycles. The zero-order valence-corrected chi connectivity index (χ0v) is 22.1. The van der Waals surface area contributed by atoms with Gasteiger partial charge in [0.2, 0.25) is 12.4 Å². The van der Waals surface area contributed by atoms with Crippen molar-refractivity contribution < 1.29 is 62.6 Å². The fraction of sp³-hybridized carbons (Fsp3) is 0.414. The maximum absolute atomic E-state index is 12.4. The van der Waals surface area contributed by atoms with Crippen molar-refractivity contribution in [3.05, 3.63) is 54.1 Å². The summed E-state index contributed by atoms with van der Waals surface area (Å²) in [6.45, 7) is -3.95. The topological polar surface area (TPSA) is 150 Å². The van der Waals surface area contributed by atoms with E-state index in [0.717, 1.165) is 0 Å². The predicted octanol–water partition coefficient (Wildman–Crippen LogP) is 2.53. The van der Waals surface area contributed by atoms with Crippen LogP contribution < -0.4 is 4.74 Å². The van der Waals surface area contributed by atoms with Crippen LogP contribution in [0.1, 0.15) is 38.6 Å². The van der Waals surface area contributed by atoms with Gasteiger partial charge in [-0.1, -0.05) is 42.5 Å². The Bertz CT molecular complexity index is 1360. The number of hydrogen-bond donors (Lipinski definition) is 0. The molecule has 1 fully saturated rings. The summed E-state index contributed by atoms with van der Waals surface area (Å²) >= 11 is 0. The largest absolute Gasteiger partial charge is 0.469 e. The van der Waals surface area contributed by atoms with E-state index < -0.39 is 94.8 Å². The summed E-state index contributed by atoms with van der Waals surface area (Å²) < 4.78 is 67.5. The van der Waals surface area contributed by atoms with Gasteiger partial charge < -0.3 is 33.2 Å². The number of esters is 5. The van der Waals surface area contributed by atoms with Gasteiger partial charge in [0.25, 0.3) is 0 Å². The second-order valence-corrected chi connectivity index (χ2v) is 8.66. The highest BCUT2D eigenvalue weighted by Gasteiger charge is 2.53. The Labute approximate surface area is 242 Å². The molecular formula is C29H32O12. The van der Waals surface area contributed by atoms with Crippen molar-refractivity contribution in [2.75, 3.05) is 13.7 Å². The van der Waals surface area contributed by atoms with Crippen molar-refractivity contribution in [2.45, 2.75) is 64.7 Å². The van der Waals surface area contributed by atoms with Crippen LogP contribution in [0.5, 0.6) is 5.75 Å². The van der Waals surface area contributed by atoms with E-state index in [-0.39, 0.29) is 12.2 Å². The first-order valence-electron chi connectivity index (χ1n) is 14.9. The van der Waals surface area contributed by atoms with Gasteiger partial charge in [0.05, 0.1) is 13.5 Å². The summed E-state index contributed by atoms with van der Waals surface area (Å²) in [5, 5.41) is 0. The quantitative estimate of drug-likeness (QED) is 0.302. The van der Waals surface area contributed by atoms with Crippen molar-refractivity contribution in [3.8, 4) is 16.9 Å². The Balaban J connectivity index is 2.08. The summed E-state index contributed by atoms with van der Waals surface area (Å²) in [6.07, 6.45) is -8.04. The molecule has 2 aromatic carbocycles. The first-order valence-corrected chi connectivity index (χ1v) is 12.1. The molecule has 220 valence electrons. The molecule has 0 N–H and O–H groups in total. The van der Waals surface area contributed by atoms with Crippen molar-refractivity contribution >= 4 is 29.8 Å². The fourth-order valence-corrected chi connectivity index (χ4v) is 4.16. The van der Waals surface area contributed by atoms with Gasteiger partial charge in [-0.2, -0.15) is 0 Å². The van der Waals surface area contributed by atoms with Crippen LogP contribution in [0.2, 0.25) is 0 Å². The maximum Gasteiger partial charge on any atom is 0.309 e. The second-order valence-electron chi connectivity index (χ2n) is 8.66. The number of carbonyl (C=O) groups excluding carboxylic acids is 5. The lowest BCUT2D eigenvalue weighted by Crippen LogP contribution is -2.63. The highest BCUT2D eigenvalue weighted by molar-refractivity contribution is 5.75. The Morgan fingerprint density at radius 3 is 2.15 bits per heavy atom. The van der Waals surface area contributed by atoms with Gasteiger partial charge in [-0.3, -0.25) is 24.0 Å². The van der Waals surface area contributed by atoms with Gasteiger partial charge in [-0.05, 0) is 17.2 Å². The van der Waals surface area contributed by atoms with Crippen LogP contribution in [-0.4, -0.2) is 74.3 Å². The molecule has 1 aliphatic heterocycles. The van der Waals surface area contributed by atoms with Crippen LogP contribution in [0, 0.1) is 0 Å². The van der Waals surface area contributed by atoms with Gasteiger partial charge in [0.15, 0.2) is 12.2 Å². The maximum atomic E-state index is 12.4. The third-order valence-corrected chi connectivity index (χ3v) is 5.75. The van der Waals surface area contributed by atoms with Crippen LogP contribution >= 0.6 is 0 Å². The lowest BCUT2D eigenvalue weighted by Gasteiger charge is -2.44. The molecule has 0 bridgehead atoms. The molecule has 12 nitrogen and oxygen atoms in total. The summed E-state index contributed by atoms with van der Waals surface area (Å²) in [5.41, 5.74) is 1.75. The molecule has 3 rings (SSSR count). The molecule has 0 aliphatic carbocycles. The Morgan fingerprint density at radius 1 is 0.805 bits per heavy atom. The van der Waals surface area contributed by atoms with Gasteiger partial charge in [0.1, 0.15) is 18.5 Å². The molecule has 0 amide bonds. The lowest BCUT2D eigenvalue weighted by molar-refractivity contribution is -0.288. The van der Waals surface area contributed by atoms with E-state index in [1.165, 1.54) is 7.11 Å². The standard InChI is InChI=1S/C29H32O12/c1-16(30)36-15-24-26(37-17(2)31)27(38-18(3)32)28(39-19(4)33)29(41-24)40-23-12-7-6-11-22(23)21-10-8-9-20(13-21)14-25(34)35-5/h6-13,24,26-29H,14-15H2,1-5H3/t24-,26-,27+,28+,29?/m1/s1/i1D,2D,3D,4D. The zero-order valence-electron chi connectivity index (χ0n) is 26.1. The van der Waals surface area contributed by atoms with Gasteiger partial charge in [-0.25, -0.2) is 0 Å². The lowest BCUT2D eigenvalue weighted by atomic mass is 9.97. The molecule has 1 unspecified atom stereocenters. The summed E-state index contributed by atoms with van der Waals surface area (Å²) in [4.78, 5) is 60.6. The Kier molecular flexibility index (Phi) is 8.87. The second kappa shape index (κ2) is 14.3. The van der Waals surface area contributed by atoms with E-state index in [4.69, 9.17) is 38.6 Å². The van der Waals surface area contributed by atoms with E-state index in [1.54, 1.807) is 48.5 Å². The Morgan fingerprint density at radius 2 is 1.46 bits per heavy atom. The molecule has 2 aromatic rings. The molecule has 1 saturated heterocycles. The SMILES string of the molecule is [2H]CC(=O)OC[C@H]1OC(Oc2ccccc2-c2cccc(CC(=O)OC)c2)[C@@H](OC(=O)C[2H])[C@@H](OC(=O)C[2H])[C@@H]1OC(=O)C[2H]. The first-order chi connectivity index (χ1) is 21.6. The first kappa shape index (κ1) is 25.5.